The van der Waals surface area contributed by atoms with Gasteiger partial charge in [-0.05, 0) is 26.2 Å². The maximum atomic E-state index is 6.27. The zero-order chi connectivity index (χ0) is 14.0. The van der Waals surface area contributed by atoms with E-state index in [0.29, 0.717) is 22.5 Å². The van der Waals surface area contributed by atoms with Crippen LogP contribution in [0.3, 0.4) is 0 Å². The van der Waals surface area contributed by atoms with Crippen molar-refractivity contribution < 1.29 is 0 Å². The van der Waals surface area contributed by atoms with Crippen LogP contribution in [0.2, 0.25) is 10.0 Å². The van der Waals surface area contributed by atoms with Crippen molar-refractivity contribution in [3.05, 3.63) is 33.8 Å². The molecule has 4 nitrogen and oxygen atoms in total. The number of likely N-dealkylation sites (N-methyl/N-ethyl adjacent to an activating group) is 1. The summed E-state index contributed by atoms with van der Waals surface area (Å²) in [7, 11) is 4.06. The highest BCUT2D eigenvalue weighted by Gasteiger charge is 2.30. The van der Waals surface area contributed by atoms with Crippen molar-refractivity contribution in [2.45, 2.75) is 6.04 Å². The summed E-state index contributed by atoms with van der Waals surface area (Å²) in [6.45, 7) is 2.30. The minimum atomic E-state index is 0.0288. The van der Waals surface area contributed by atoms with Crippen molar-refractivity contribution in [3.8, 4) is 0 Å². The van der Waals surface area contributed by atoms with Gasteiger partial charge in [-0.25, -0.2) is 0 Å². The Labute approximate surface area is 123 Å². The van der Waals surface area contributed by atoms with E-state index in [2.05, 4.69) is 14.8 Å². The Morgan fingerprint density at radius 3 is 2.58 bits per heavy atom. The normalized spacial score (nSPS) is 19.1. The fraction of sp³-hybridized carbons (Fsp3) is 0.462. The standard InChI is InChI=1S/C13H18Cl2N4/c1-18(2)6-7-19-11(8-17-13(19)16)12-9(14)4-3-5-10(12)15/h3-5,11H,6-8H2,1-2H3,(H2,16,17). The van der Waals surface area contributed by atoms with Crippen molar-refractivity contribution in [3.63, 3.8) is 0 Å². The van der Waals surface area contributed by atoms with Crippen molar-refractivity contribution in [1.82, 2.24) is 9.80 Å². The van der Waals surface area contributed by atoms with Crippen LogP contribution in [0, 0.1) is 0 Å². The molecule has 1 aliphatic rings. The first-order valence-corrected chi connectivity index (χ1v) is 6.91. The molecule has 1 aromatic rings. The van der Waals surface area contributed by atoms with Gasteiger partial charge in [-0.15, -0.1) is 0 Å². The lowest BCUT2D eigenvalue weighted by atomic mass is 10.1. The molecule has 6 heteroatoms. The van der Waals surface area contributed by atoms with Crippen molar-refractivity contribution in [2.75, 3.05) is 33.7 Å². The number of guanidine groups is 1. The Morgan fingerprint density at radius 2 is 2.00 bits per heavy atom. The first-order chi connectivity index (χ1) is 9.00. The molecule has 104 valence electrons. The SMILES string of the molecule is CN(C)CCN1C(N)=NCC1c1c(Cl)cccc1Cl. The second-order valence-electron chi connectivity index (χ2n) is 4.85. The molecule has 0 saturated heterocycles. The topological polar surface area (TPSA) is 44.9 Å². The van der Waals surface area contributed by atoms with E-state index < -0.39 is 0 Å². The molecule has 1 atom stereocenters. The summed E-state index contributed by atoms with van der Waals surface area (Å²) in [4.78, 5) is 8.49. The van der Waals surface area contributed by atoms with Crippen LogP contribution in [0.15, 0.2) is 23.2 Å². The molecule has 0 amide bonds. The Hall–Kier alpha value is -0.970. The first-order valence-electron chi connectivity index (χ1n) is 6.16. The largest absolute Gasteiger partial charge is 0.370 e. The smallest absolute Gasteiger partial charge is 0.191 e. The maximum Gasteiger partial charge on any atom is 0.191 e. The van der Waals surface area contributed by atoms with Crippen LogP contribution in [-0.4, -0.2) is 49.5 Å². The van der Waals surface area contributed by atoms with Gasteiger partial charge >= 0.3 is 0 Å². The summed E-state index contributed by atoms with van der Waals surface area (Å²) in [6.07, 6.45) is 0. The van der Waals surface area contributed by atoms with Gasteiger partial charge in [-0.1, -0.05) is 29.3 Å². The summed E-state index contributed by atoms with van der Waals surface area (Å²) in [5.74, 6) is 0.558. The second-order valence-corrected chi connectivity index (χ2v) is 5.66. The first kappa shape index (κ1) is 14.4. The van der Waals surface area contributed by atoms with E-state index >= 15 is 0 Å². The molecule has 2 rings (SSSR count). The molecule has 0 bridgehead atoms. The van der Waals surface area contributed by atoms with E-state index in [1.807, 2.05) is 32.3 Å². The highest BCUT2D eigenvalue weighted by Crippen LogP contribution is 2.35. The van der Waals surface area contributed by atoms with Crippen LogP contribution in [-0.2, 0) is 0 Å². The molecule has 1 aromatic carbocycles. The Morgan fingerprint density at radius 1 is 1.37 bits per heavy atom. The fourth-order valence-electron chi connectivity index (χ4n) is 2.18. The number of hydrogen-bond acceptors (Lipinski definition) is 4. The van der Waals surface area contributed by atoms with Gasteiger partial charge in [-0.3, -0.25) is 4.99 Å². The van der Waals surface area contributed by atoms with E-state index in [1.165, 1.54) is 0 Å². The van der Waals surface area contributed by atoms with Gasteiger partial charge in [0.05, 0.1) is 12.6 Å². The zero-order valence-electron chi connectivity index (χ0n) is 11.1. The number of hydrogen-bond donors (Lipinski definition) is 1. The maximum absolute atomic E-state index is 6.27. The number of benzene rings is 1. The van der Waals surface area contributed by atoms with E-state index in [9.17, 15) is 0 Å². The predicted molar refractivity (Wildman–Crippen MR) is 81.0 cm³/mol. The molecule has 1 heterocycles. The lowest BCUT2D eigenvalue weighted by Crippen LogP contribution is -2.40. The summed E-state index contributed by atoms with van der Waals surface area (Å²) in [5, 5.41) is 1.33. The second kappa shape index (κ2) is 5.99. The van der Waals surface area contributed by atoms with E-state index in [-0.39, 0.29) is 6.04 Å². The fourth-order valence-corrected chi connectivity index (χ4v) is 2.83. The molecule has 0 aliphatic carbocycles. The highest BCUT2D eigenvalue weighted by atomic mass is 35.5. The van der Waals surface area contributed by atoms with Gasteiger partial charge in [0.25, 0.3) is 0 Å². The molecule has 0 saturated carbocycles. The lowest BCUT2D eigenvalue weighted by Gasteiger charge is -2.28. The van der Waals surface area contributed by atoms with Gasteiger partial charge in [0.2, 0.25) is 0 Å². The average molecular weight is 301 g/mol. The molecule has 0 aromatic heterocycles. The van der Waals surface area contributed by atoms with Crippen LogP contribution in [0.25, 0.3) is 0 Å². The lowest BCUT2D eigenvalue weighted by molar-refractivity contribution is 0.293. The minimum Gasteiger partial charge on any atom is -0.370 e. The number of aliphatic imine (C=N–C) groups is 1. The van der Waals surface area contributed by atoms with Gasteiger partial charge in [-0.2, -0.15) is 0 Å². The number of rotatable bonds is 4. The summed E-state index contributed by atoms with van der Waals surface area (Å²) in [6, 6.07) is 5.57. The molecular weight excluding hydrogens is 283 g/mol. The molecule has 1 aliphatic heterocycles. The van der Waals surface area contributed by atoms with Gasteiger partial charge in [0.1, 0.15) is 0 Å². The van der Waals surface area contributed by atoms with Crippen molar-refractivity contribution in [1.29, 1.82) is 0 Å². The van der Waals surface area contributed by atoms with E-state index in [4.69, 9.17) is 28.9 Å². The third kappa shape index (κ3) is 3.14. The summed E-state index contributed by atoms with van der Waals surface area (Å²) < 4.78 is 0. The zero-order valence-corrected chi connectivity index (χ0v) is 12.6. The van der Waals surface area contributed by atoms with Crippen molar-refractivity contribution in [2.24, 2.45) is 10.7 Å². The number of nitrogens with zero attached hydrogens (tertiary/aromatic N) is 3. The summed E-state index contributed by atoms with van der Waals surface area (Å²) in [5.41, 5.74) is 6.88. The van der Waals surface area contributed by atoms with Gasteiger partial charge in [0, 0.05) is 28.7 Å². The van der Waals surface area contributed by atoms with Crippen LogP contribution >= 0.6 is 23.2 Å². The third-order valence-electron chi connectivity index (χ3n) is 3.22. The average Bonchev–Trinajstić information content (AvgIpc) is 2.68. The predicted octanol–water partition coefficient (Wildman–Crippen LogP) is 2.23. The highest BCUT2D eigenvalue weighted by molar-refractivity contribution is 6.36. The Kier molecular flexibility index (Phi) is 4.55. The summed E-state index contributed by atoms with van der Waals surface area (Å²) >= 11 is 12.5. The van der Waals surface area contributed by atoms with Crippen molar-refractivity contribution >= 4 is 29.2 Å². The molecule has 0 radical (unpaired) electrons. The van der Waals surface area contributed by atoms with Gasteiger partial charge in [0.15, 0.2) is 5.96 Å². The molecule has 0 spiro atoms. The van der Waals surface area contributed by atoms with Crippen LogP contribution < -0.4 is 5.73 Å². The van der Waals surface area contributed by atoms with Crippen LogP contribution in [0.5, 0.6) is 0 Å². The number of halogens is 2. The van der Waals surface area contributed by atoms with Gasteiger partial charge < -0.3 is 15.5 Å². The van der Waals surface area contributed by atoms with E-state index in [1.54, 1.807) is 0 Å². The molecule has 0 fully saturated rings. The monoisotopic (exact) mass is 300 g/mol. The third-order valence-corrected chi connectivity index (χ3v) is 3.88. The van der Waals surface area contributed by atoms with Crippen LogP contribution in [0.4, 0.5) is 0 Å². The quantitative estimate of drug-likeness (QED) is 0.927. The van der Waals surface area contributed by atoms with Crippen LogP contribution in [0.1, 0.15) is 11.6 Å². The Balaban J connectivity index is 2.24. The van der Waals surface area contributed by atoms with E-state index in [0.717, 1.165) is 18.7 Å². The Bertz CT molecular complexity index is 467. The number of nitrogens with two attached hydrogens (primary N) is 1. The minimum absolute atomic E-state index is 0.0288. The molecular formula is C13H18Cl2N4. The molecule has 1 unspecified atom stereocenters. The molecule has 2 N–H and O–H groups in total. The molecule has 19 heavy (non-hydrogen) atoms.